The number of ether oxygens (including phenoxy) is 1. The molecule has 2 N–H and O–H groups in total. The normalized spacial score (nSPS) is 10.5. The third kappa shape index (κ3) is 2.12. The van der Waals surface area contributed by atoms with Gasteiger partial charge in [-0.05, 0) is 6.42 Å². The minimum absolute atomic E-state index is 0.247. The van der Waals surface area contributed by atoms with E-state index in [1.807, 2.05) is 6.92 Å². The summed E-state index contributed by atoms with van der Waals surface area (Å²) >= 11 is 0. The Morgan fingerprint density at radius 2 is 2.22 bits per heavy atom. The number of rotatable bonds is 4. The lowest BCUT2D eigenvalue weighted by atomic mass is 10.2. The molecule has 2 aromatic rings. The molecular formula is C10H11N5O3. The number of hydrogen-bond acceptors (Lipinski definition) is 6. The van der Waals surface area contributed by atoms with Crippen LogP contribution in [0.1, 0.15) is 23.0 Å². The molecule has 8 nitrogen and oxygen atoms in total. The molecule has 0 aromatic carbocycles. The number of fused-ring (bicyclic) bond motifs is 1. The Morgan fingerprint density at radius 3 is 2.89 bits per heavy atom. The van der Waals surface area contributed by atoms with Gasteiger partial charge in [-0.3, -0.25) is 4.79 Å². The highest BCUT2D eigenvalue weighted by molar-refractivity contribution is 5.92. The summed E-state index contributed by atoms with van der Waals surface area (Å²) in [6.45, 7) is 1.40. The van der Waals surface area contributed by atoms with Crippen LogP contribution in [0.15, 0.2) is 12.5 Å². The minimum Gasteiger partial charge on any atom is -0.452 e. The lowest BCUT2D eigenvalue weighted by molar-refractivity contribution is -0.121. The van der Waals surface area contributed by atoms with E-state index in [2.05, 4.69) is 15.1 Å². The van der Waals surface area contributed by atoms with Gasteiger partial charge in [-0.2, -0.15) is 10.1 Å². The van der Waals surface area contributed by atoms with Crippen molar-refractivity contribution in [1.29, 1.82) is 0 Å². The van der Waals surface area contributed by atoms with Crippen molar-refractivity contribution < 1.29 is 14.3 Å². The van der Waals surface area contributed by atoms with Crippen LogP contribution in [0.2, 0.25) is 0 Å². The Morgan fingerprint density at radius 1 is 1.44 bits per heavy atom. The van der Waals surface area contributed by atoms with Crippen LogP contribution in [0.25, 0.3) is 5.78 Å². The summed E-state index contributed by atoms with van der Waals surface area (Å²) in [5.41, 5.74) is 5.77. The number of primary amides is 1. The Labute approximate surface area is 102 Å². The number of nitrogens with two attached hydrogens (primary N) is 1. The predicted octanol–water partition coefficient (Wildman–Crippen LogP) is -0.671. The Kier molecular flexibility index (Phi) is 3.18. The zero-order valence-electron chi connectivity index (χ0n) is 9.66. The van der Waals surface area contributed by atoms with E-state index in [1.54, 1.807) is 0 Å². The largest absolute Gasteiger partial charge is 0.452 e. The summed E-state index contributed by atoms with van der Waals surface area (Å²) in [5, 5.41) is 3.97. The van der Waals surface area contributed by atoms with Gasteiger partial charge >= 0.3 is 5.97 Å². The second kappa shape index (κ2) is 4.78. The van der Waals surface area contributed by atoms with Gasteiger partial charge in [0.15, 0.2) is 6.61 Å². The van der Waals surface area contributed by atoms with E-state index in [4.69, 9.17) is 10.5 Å². The zero-order valence-corrected chi connectivity index (χ0v) is 9.66. The Balaban J connectivity index is 2.37. The van der Waals surface area contributed by atoms with Gasteiger partial charge in [0.25, 0.3) is 11.7 Å². The third-order valence-corrected chi connectivity index (χ3v) is 2.31. The number of nitrogens with zero attached hydrogens (tertiary/aromatic N) is 4. The molecule has 0 aliphatic heterocycles. The molecule has 1 amide bonds. The number of carbonyl (C=O) groups excluding carboxylic acids is 2. The van der Waals surface area contributed by atoms with Gasteiger partial charge in [0, 0.05) is 6.20 Å². The average molecular weight is 249 g/mol. The molecule has 0 unspecified atom stereocenters. The first-order chi connectivity index (χ1) is 8.63. The van der Waals surface area contributed by atoms with Gasteiger partial charge in [-0.15, -0.1) is 0 Å². The monoisotopic (exact) mass is 249 g/mol. The summed E-state index contributed by atoms with van der Waals surface area (Å²) in [6.07, 6.45) is 3.25. The number of aryl methyl sites for hydroxylation is 1. The zero-order chi connectivity index (χ0) is 13.1. The van der Waals surface area contributed by atoms with Crippen LogP contribution in [0.5, 0.6) is 0 Å². The number of aromatic nitrogens is 4. The third-order valence-electron chi connectivity index (χ3n) is 2.31. The Hall–Kier alpha value is -2.51. The van der Waals surface area contributed by atoms with Gasteiger partial charge < -0.3 is 10.5 Å². The highest BCUT2D eigenvalue weighted by Gasteiger charge is 2.17. The molecule has 0 saturated carbocycles. The second-order valence-corrected chi connectivity index (χ2v) is 3.49. The first-order valence-electron chi connectivity index (χ1n) is 5.26. The molecule has 0 radical (unpaired) electrons. The molecule has 18 heavy (non-hydrogen) atoms. The van der Waals surface area contributed by atoms with E-state index in [-0.39, 0.29) is 5.56 Å². The quantitative estimate of drug-likeness (QED) is 0.719. The summed E-state index contributed by atoms with van der Waals surface area (Å²) in [6, 6.07) is 0. The number of amides is 1. The molecule has 2 aromatic heterocycles. The van der Waals surface area contributed by atoms with Crippen LogP contribution < -0.4 is 5.73 Å². The lowest BCUT2D eigenvalue weighted by Crippen LogP contribution is -2.22. The maximum Gasteiger partial charge on any atom is 0.342 e. The molecule has 2 heterocycles. The van der Waals surface area contributed by atoms with Crippen LogP contribution in [-0.2, 0) is 16.0 Å². The van der Waals surface area contributed by atoms with Crippen LogP contribution in [0, 0.1) is 0 Å². The second-order valence-electron chi connectivity index (χ2n) is 3.49. The molecule has 0 atom stereocenters. The van der Waals surface area contributed by atoms with Gasteiger partial charge in [0.2, 0.25) is 0 Å². The minimum atomic E-state index is -0.712. The molecule has 0 bridgehead atoms. The Bertz CT molecular complexity index is 607. The SMILES string of the molecule is CCc1c(C(=O)OCC(N)=O)cnc2ncnn12. The van der Waals surface area contributed by atoms with Gasteiger partial charge in [-0.1, -0.05) is 6.92 Å². The molecule has 0 aliphatic carbocycles. The summed E-state index contributed by atoms with van der Waals surface area (Å²) in [5.74, 6) is -0.968. The lowest BCUT2D eigenvalue weighted by Gasteiger charge is -2.07. The van der Waals surface area contributed by atoms with Gasteiger partial charge in [0.05, 0.1) is 11.3 Å². The number of esters is 1. The smallest absolute Gasteiger partial charge is 0.342 e. The van der Waals surface area contributed by atoms with Crippen molar-refractivity contribution in [3.05, 3.63) is 23.8 Å². The van der Waals surface area contributed by atoms with E-state index in [1.165, 1.54) is 17.0 Å². The van der Waals surface area contributed by atoms with Crippen LogP contribution in [0.4, 0.5) is 0 Å². The number of hydrogen-bond donors (Lipinski definition) is 1. The highest BCUT2D eigenvalue weighted by Crippen LogP contribution is 2.11. The summed E-state index contributed by atoms with van der Waals surface area (Å²) < 4.78 is 6.20. The van der Waals surface area contributed by atoms with Crippen LogP contribution in [-0.4, -0.2) is 38.1 Å². The first kappa shape index (κ1) is 12.0. The summed E-state index contributed by atoms with van der Waals surface area (Å²) in [4.78, 5) is 30.2. The van der Waals surface area contributed by atoms with Crippen LogP contribution >= 0.6 is 0 Å². The molecule has 94 valence electrons. The molecule has 8 heteroatoms. The molecular weight excluding hydrogens is 238 g/mol. The highest BCUT2D eigenvalue weighted by atomic mass is 16.5. The molecule has 0 aliphatic rings. The summed E-state index contributed by atoms with van der Waals surface area (Å²) in [7, 11) is 0. The van der Waals surface area contributed by atoms with Crippen molar-refractivity contribution in [2.75, 3.05) is 6.61 Å². The number of carbonyl (C=O) groups is 2. The van der Waals surface area contributed by atoms with E-state index in [0.717, 1.165) is 0 Å². The van der Waals surface area contributed by atoms with Gasteiger partial charge in [0.1, 0.15) is 6.33 Å². The molecule has 0 fully saturated rings. The molecule has 0 saturated heterocycles. The first-order valence-corrected chi connectivity index (χ1v) is 5.26. The fraction of sp³-hybridized carbons (Fsp3) is 0.300. The van der Waals surface area contributed by atoms with Crippen molar-refractivity contribution >= 4 is 17.7 Å². The van der Waals surface area contributed by atoms with Crippen LogP contribution in [0.3, 0.4) is 0 Å². The van der Waals surface area contributed by atoms with E-state index >= 15 is 0 Å². The van der Waals surface area contributed by atoms with Crippen molar-refractivity contribution in [2.24, 2.45) is 5.73 Å². The topological polar surface area (TPSA) is 112 Å². The average Bonchev–Trinajstić information content (AvgIpc) is 2.82. The van der Waals surface area contributed by atoms with E-state index < -0.39 is 18.5 Å². The molecule has 2 rings (SSSR count). The van der Waals surface area contributed by atoms with Crippen molar-refractivity contribution in [3.8, 4) is 0 Å². The maximum absolute atomic E-state index is 11.8. The maximum atomic E-state index is 11.8. The van der Waals surface area contributed by atoms with Crippen molar-refractivity contribution in [2.45, 2.75) is 13.3 Å². The van der Waals surface area contributed by atoms with Crippen molar-refractivity contribution in [3.63, 3.8) is 0 Å². The predicted molar refractivity (Wildman–Crippen MR) is 59.6 cm³/mol. The van der Waals surface area contributed by atoms with E-state index in [9.17, 15) is 9.59 Å². The standard InChI is InChI=1S/C10H11N5O3/c1-2-7-6(9(17)18-4-8(11)16)3-12-10-13-5-14-15(7)10/h3,5H,2,4H2,1H3,(H2,11,16). The fourth-order valence-corrected chi connectivity index (χ4v) is 1.55. The van der Waals surface area contributed by atoms with Crippen molar-refractivity contribution in [1.82, 2.24) is 19.6 Å². The fourth-order valence-electron chi connectivity index (χ4n) is 1.55. The van der Waals surface area contributed by atoms with E-state index in [0.29, 0.717) is 17.9 Å². The van der Waals surface area contributed by atoms with Gasteiger partial charge in [-0.25, -0.2) is 14.3 Å². The molecule has 0 spiro atoms.